The molecule has 0 saturated carbocycles. The van der Waals surface area contributed by atoms with Crippen LogP contribution in [-0.4, -0.2) is 51.6 Å². The number of rotatable bonds is 9. The van der Waals surface area contributed by atoms with Crippen LogP contribution in [0.1, 0.15) is 30.5 Å². The molecule has 2 aromatic carbocycles. The topological polar surface area (TPSA) is 43.0 Å². The lowest BCUT2D eigenvalue weighted by atomic mass is 9.97. The van der Waals surface area contributed by atoms with Gasteiger partial charge in [-0.25, -0.2) is 0 Å². The third-order valence-electron chi connectivity index (χ3n) is 5.36. The van der Waals surface area contributed by atoms with E-state index in [4.69, 9.17) is 14.2 Å². The van der Waals surface area contributed by atoms with E-state index in [1.807, 2.05) is 6.07 Å². The number of nitrogens with one attached hydrogen (secondary N) is 1. The summed E-state index contributed by atoms with van der Waals surface area (Å²) in [7, 11) is 3.35. The summed E-state index contributed by atoms with van der Waals surface area (Å²) in [5.41, 5.74) is 2.51. The number of benzene rings is 2. The minimum atomic E-state index is 0.176. The molecule has 0 amide bonds. The second-order valence-corrected chi connectivity index (χ2v) is 7.10. The normalized spacial score (nSPS) is 17.1. The van der Waals surface area contributed by atoms with E-state index < -0.39 is 0 Å². The monoisotopic (exact) mass is 384 g/mol. The summed E-state index contributed by atoms with van der Waals surface area (Å²) in [6.07, 6.45) is 2.26. The zero-order chi connectivity index (χ0) is 19.8. The highest BCUT2D eigenvalue weighted by molar-refractivity contribution is 5.44. The molecule has 5 heteroatoms. The molecule has 0 spiro atoms. The molecule has 2 atom stereocenters. The van der Waals surface area contributed by atoms with Crippen LogP contribution in [0.25, 0.3) is 0 Å². The highest BCUT2D eigenvalue weighted by atomic mass is 16.5. The first-order valence-electron chi connectivity index (χ1n) is 10.1. The number of hydrogen-bond acceptors (Lipinski definition) is 5. The van der Waals surface area contributed by atoms with Crippen LogP contribution in [0.5, 0.6) is 11.5 Å². The molecule has 2 aromatic rings. The SMILES string of the molecule is CCC(NC(Cc1ccccc1)c1ccc(OC)c(OC)c1)N1CCOCC1. The van der Waals surface area contributed by atoms with Gasteiger partial charge in [-0.2, -0.15) is 0 Å². The summed E-state index contributed by atoms with van der Waals surface area (Å²) in [6, 6.07) is 17.0. The zero-order valence-electron chi connectivity index (χ0n) is 17.2. The quantitative estimate of drug-likeness (QED) is 0.715. The van der Waals surface area contributed by atoms with Gasteiger partial charge in [0.2, 0.25) is 0 Å². The highest BCUT2D eigenvalue weighted by Gasteiger charge is 2.24. The first-order chi connectivity index (χ1) is 13.7. The van der Waals surface area contributed by atoms with E-state index in [1.165, 1.54) is 11.1 Å². The van der Waals surface area contributed by atoms with E-state index in [2.05, 4.69) is 59.6 Å². The average molecular weight is 385 g/mol. The van der Waals surface area contributed by atoms with Crippen LogP contribution in [0.4, 0.5) is 0 Å². The molecule has 0 radical (unpaired) electrons. The molecule has 1 aliphatic heterocycles. The zero-order valence-corrected chi connectivity index (χ0v) is 17.2. The maximum Gasteiger partial charge on any atom is 0.161 e. The lowest BCUT2D eigenvalue weighted by molar-refractivity contribution is 0.00485. The molecule has 0 bridgehead atoms. The summed E-state index contributed by atoms with van der Waals surface area (Å²) in [5.74, 6) is 1.52. The first-order valence-corrected chi connectivity index (χ1v) is 10.1. The Kier molecular flexibility index (Phi) is 7.71. The predicted molar refractivity (Wildman–Crippen MR) is 112 cm³/mol. The summed E-state index contributed by atoms with van der Waals surface area (Å²) >= 11 is 0. The van der Waals surface area contributed by atoms with E-state index in [1.54, 1.807) is 14.2 Å². The van der Waals surface area contributed by atoms with Gasteiger partial charge in [0.05, 0.1) is 33.6 Å². The van der Waals surface area contributed by atoms with E-state index in [0.29, 0.717) is 6.17 Å². The van der Waals surface area contributed by atoms with E-state index in [9.17, 15) is 0 Å². The van der Waals surface area contributed by atoms with Gasteiger partial charge in [0, 0.05) is 19.1 Å². The van der Waals surface area contributed by atoms with Crippen molar-refractivity contribution in [2.45, 2.75) is 32.0 Å². The number of methoxy groups -OCH3 is 2. The molecule has 1 heterocycles. The Morgan fingerprint density at radius 2 is 1.71 bits per heavy atom. The lowest BCUT2D eigenvalue weighted by Crippen LogP contribution is -2.51. The molecular weight excluding hydrogens is 352 g/mol. The maximum absolute atomic E-state index is 5.55. The molecule has 1 fully saturated rings. The standard InChI is InChI=1S/C23H32N2O3/c1-4-23(25-12-14-28-15-13-25)24-20(16-18-8-6-5-7-9-18)19-10-11-21(26-2)22(17-19)27-3/h5-11,17,20,23-24H,4,12-16H2,1-3H3. The molecule has 1 aliphatic rings. The molecule has 3 rings (SSSR count). The van der Waals surface area contributed by atoms with Crippen molar-refractivity contribution >= 4 is 0 Å². The number of ether oxygens (including phenoxy) is 3. The van der Waals surface area contributed by atoms with Gasteiger partial charge in [0.15, 0.2) is 11.5 Å². The molecule has 28 heavy (non-hydrogen) atoms. The molecule has 152 valence electrons. The van der Waals surface area contributed by atoms with Gasteiger partial charge in [-0.15, -0.1) is 0 Å². The Balaban J connectivity index is 1.85. The lowest BCUT2D eigenvalue weighted by Gasteiger charge is -2.37. The highest BCUT2D eigenvalue weighted by Crippen LogP contribution is 2.31. The third kappa shape index (κ3) is 5.25. The van der Waals surface area contributed by atoms with Crippen LogP contribution < -0.4 is 14.8 Å². The molecule has 1 N–H and O–H groups in total. The van der Waals surface area contributed by atoms with Gasteiger partial charge in [0.1, 0.15) is 0 Å². The van der Waals surface area contributed by atoms with Crippen molar-refractivity contribution in [2.24, 2.45) is 0 Å². The third-order valence-corrected chi connectivity index (χ3v) is 5.36. The number of nitrogens with zero attached hydrogens (tertiary/aromatic N) is 1. The summed E-state index contributed by atoms with van der Waals surface area (Å²) in [5, 5.41) is 3.90. The second kappa shape index (κ2) is 10.5. The van der Waals surface area contributed by atoms with Gasteiger partial charge in [-0.1, -0.05) is 43.3 Å². The van der Waals surface area contributed by atoms with Crippen LogP contribution >= 0.6 is 0 Å². The van der Waals surface area contributed by atoms with Gasteiger partial charge in [0.25, 0.3) is 0 Å². The first kappa shape index (κ1) is 20.6. The fourth-order valence-corrected chi connectivity index (χ4v) is 3.80. The Hall–Kier alpha value is -2.08. The fraction of sp³-hybridized carbons (Fsp3) is 0.478. The van der Waals surface area contributed by atoms with Crippen LogP contribution in [0, 0.1) is 0 Å². The number of morpholine rings is 1. The molecular formula is C23H32N2O3. The van der Waals surface area contributed by atoms with Crippen LogP contribution in [0.2, 0.25) is 0 Å². The predicted octanol–water partition coefficient (Wildman–Crippen LogP) is 3.65. The van der Waals surface area contributed by atoms with Gasteiger partial charge in [-0.3, -0.25) is 10.2 Å². The maximum atomic E-state index is 5.55. The van der Waals surface area contributed by atoms with Crippen LogP contribution in [0.3, 0.4) is 0 Å². The number of hydrogen-bond donors (Lipinski definition) is 1. The smallest absolute Gasteiger partial charge is 0.161 e. The minimum absolute atomic E-state index is 0.176. The van der Waals surface area contributed by atoms with Crippen molar-refractivity contribution in [3.8, 4) is 11.5 Å². The summed E-state index contributed by atoms with van der Waals surface area (Å²) in [6.45, 7) is 5.78. The largest absolute Gasteiger partial charge is 0.493 e. The van der Waals surface area contributed by atoms with Gasteiger partial charge < -0.3 is 14.2 Å². The van der Waals surface area contributed by atoms with Crippen LogP contribution in [-0.2, 0) is 11.2 Å². The molecule has 5 nitrogen and oxygen atoms in total. The van der Waals surface area contributed by atoms with Gasteiger partial charge in [-0.05, 0) is 36.1 Å². The second-order valence-electron chi connectivity index (χ2n) is 7.10. The van der Waals surface area contributed by atoms with E-state index in [0.717, 1.165) is 50.6 Å². The average Bonchev–Trinajstić information content (AvgIpc) is 2.77. The Labute approximate surface area is 168 Å². The summed E-state index contributed by atoms with van der Waals surface area (Å²) in [4.78, 5) is 2.49. The molecule has 0 aromatic heterocycles. The Morgan fingerprint density at radius 3 is 2.36 bits per heavy atom. The molecule has 1 saturated heterocycles. The molecule has 2 unspecified atom stereocenters. The van der Waals surface area contributed by atoms with Crippen molar-refractivity contribution in [3.05, 3.63) is 59.7 Å². The van der Waals surface area contributed by atoms with E-state index in [-0.39, 0.29) is 6.04 Å². The Morgan fingerprint density at radius 1 is 1.00 bits per heavy atom. The van der Waals surface area contributed by atoms with Crippen molar-refractivity contribution in [1.82, 2.24) is 10.2 Å². The van der Waals surface area contributed by atoms with E-state index >= 15 is 0 Å². The van der Waals surface area contributed by atoms with Crippen molar-refractivity contribution in [1.29, 1.82) is 0 Å². The van der Waals surface area contributed by atoms with Crippen molar-refractivity contribution in [3.63, 3.8) is 0 Å². The molecule has 0 aliphatic carbocycles. The van der Waals surface area contributed by atoms with Crippen LogP contribution in [0.15, 0.2) is 48.5 Å². The van der Waals surface area contributed by atoms with Crippen molar-refractivity contribution in [2.75, 3.05) is 40.5 Å². The van der Waals surface area contributed by atoms with Crippen molar-refractivity contribution < 1.29 is 14.2 Å². The minimum Gasteiger partial charge on any atom is -0.493 e. The Bertz CT molecular complexity index is 717. The summed E-state index contributed by atoms with van der Waals surface area (Å²) < 4.78 is 16.5. The fourth-order valence-electron chi connectivity index (χ4n) is 3.80. The van der Waals surface area contributed by atoms with Gasteiger partial charge >= 0.3 is 0 Å².